The number of rotatable bonds is 8. The number of carbonyl (C=O) groups is 2. The van der Waals surface area contributed by atoms with Crippen LogP contribution in [-0.4, -0.2) is 73.5 Å². The molecule has 9 heteroatoms. The van der Waals surface area contributed by atoms with Gasteiger partial charge in [0.1, 0.15) is 23.8 Å². The number of ether oxygens (including phenoxy) is 3. The third-order valence-electron chi connectivity index (χ3n) is 5.11. The topological polar surface area (TPSA) is 93.2 Å². The van der Waals surface area contributed by atoms with Crippen molar-refractivity contribution in [1.82, 2.24) is 9.88 Å². The molecule has 1 aromatic carbocycles. The predicted octanol–water partition coefficient (Wildman–Crippen LogP) is 3.81. The molecular formula is C25H34N4O5. The molecule has 0 atom stereocenters. The lowest BCUT2D eigenvalue weighted by Gasteiger charge is -2.36. The molecule has 0 radical (unpaired) electrons. The van der Waals surface area contributed by atoms with E-state index < -0.39 is 5.60 Å². The molecule has 2 heterocycles. The maximum Gasteiger partial charge on any atom is 0.410 e. The first-order valence-corrected chi connectivity index (χ1v) is 11.6. The number of hydrogen-bond acceptors (Lipinski definition) is 7. The van der Waals surface area contributed by atoms with Crippen molar-refractivity contribution in [2.45, 2.75) is 33.3 Å². The highest BCUT2D eigenvalue weighted by atomic mass is 16.6. The van der Waals surface area contributed by atoms with Crippen molar-refractivity contribution < 1.29 is 23.8 Å². The Hall–Kier alpha value is -3.33. The van der Waals surface area contributed by atoms with Gasteiger partial charge >= 0.3 is 6.09 Å². The third kappa shape index (κ3) is 7.34. The van der Waals surface area contributed by atoms with Crippen LogP contribution in [-0.2, 0) is 9.47 Å². The third-order valence-corrected chi connectivity index (χ3v) is 5.11. The molecule has 1 aliphatic rings. The molecule has 1 aromatic heterocycles. The Morgan fingerprint density at radius 3 is 2.41 bits per heavy atom. The molecule has 34 heavy (non-hydrogen) atoms. The molecule has 0 aliphatic carbocycles. The number of aromatic nitrogens is 1. The summed E-state index contributed by atoms with van der Waals surface area (Å²) in [5.41, 5.74) is 0.860. The number of carbonyl (C=O) groups excluding carboxylic acids is 2. The number of hydrogen-bond donors (Lipinski definition) is 1. The van der Waals surface area contributed by atoms with Crippen LogP contribution in [0.3, 0.4) is 0 Å². The summed E-state index contributed by atoms with van der Waals surface area (Å²) >= 11 is 0. The second-order valence-electron chi connectivity index (χ2n) is 8.85. The van der Waals surface area contributed by atoms with Gasteiger partial charge in [0.15, 0.2) is 0 Å². The molecule has 1 saturated heterocycles. The largest absolute Gasteiger partial charge is 0.490 e. The average Bonchev–Trinajstić information content (AvgIpc) is 2.81. The zero-order valence-corrected chi connectivity index (χ0v) is 20.4. The maximum atomic E-state index is 12.8. The smallest absolute Gasteiger partial charge is 0.410 e. The second-order valence-corrected chi connectivity index (χ2v) is 8.85. The van der Waals surface area contributed by atoms with Gasteiger partial charge in [-0.05, 0) is 52.0 Å². The number of para-hydroxylation sites is 1. The van der Waals surface area contributed by atoms with Crippen LogP contribution in [0.4, 0.5) is 16.3 Å². The minimum Gasteiger partial charge on any atom is -0.490 e. The zero-order valence-electron chi connectivity index (χ0n) is 20.4. The molecule has 184 valence electrons. The van der Waals surface area contributed by atoms with Gasteiger partial charge in [-0.25, -0.2) is 9.78 Å². The lowest BCUT2D eigenvalue weighted by atomic mass is 10.2. The van der Waals surface area contributed by atoms with E-state index in [4.69, 9.17) is 14.2 Å². The van der Waals surface area contributed by atoms with Crippen molar-refractivity contribution in [1.29, 1.82) is 0 Å². The fourth-order valence-electron chi connectivity index (χ4n) is 3.44. The Morgan fingerprint density at radius 2 is 1.76 bits per heavy atom. The summed E-state index contributed by atoms with van der Waals surface area (Å²) in [6, 6.07) is 10.8. The van der Waals surface area contributed by atoms with Crippen LogP contribution in [0, 0.1) is 0 Å². The van der Waals surface area contributed by atoms with Crippen LogP contribution in [0.2, 0.25) is 0 Å². The molecule has 2 amide bonds. The summed E-state index contributed by atoms with van der Waals surface area (Å²) in [5, 5.41) is 2.82. The highest BCUT2D eigenvalue weighted by Crippen LogP contribution is 2.21. The molecule has 1 aliphatic heterocycles. The quantitative estimate of drug-likeness (QED) is 0.587. The van der Waals surface area contributed by atoms with E-state index in [1.807, 2.05) is 39.8 Å². The van der Waals surface area contributed by atoms with Crippen molar-refractivity contribution in [3.63, 3.8) is 0 Å². The minimum absolute atomic E-state index is 0.287. The lowest BCUT2D eigenvalue weighted by molar-refractivity contribution is 0.0240. The van der Waals surface area contributed by atoms with Gasteiger partial charge in [0.25, 0.3) is 5.91 Å². The average molecular weight is 471 g/mol. The molecule has 0 unspecified atom stereocenters. The van der Waals surface area contributed by atoms with Gasteiger partial charge in [-0.2, -0.15) is 0 Å². The van der Waals surface area contributed by atoms with E-state index in [0.29, 0.717) is 63.1 Å². The summed E-state index contributed by atoms with van der Waals surface area (Å²) in [5.74, 6) is 0.655. The Bertz CT molecular complexity index is 951. The van der Waals surface area contributed by atoms with Crippen LogP contribution in [0.15, 0.2) is 42.6 Å². The Balaban J connectivity index is 1.54. The number of benzene rings is 1. The summed E-state index contributed by atoms with van der Waals surface area (Å²) in [7, 11) is 0. The normalized spacial score (nSPS) is 14.0. The predicted molar refractivity (Wildman–Crippen MR) is 131 cm³/mol. The first kappa shape index (κ1) is 25.3. The zero-order chi connectivity index (χ0) is 24.6. The molecular weight excluding hydrogens is 436 g/mol. The van der Waals surface area contributed by atoms with Gasteiger partial charge in [-0.15, -0.1) is 0 Å². The number of nitrogens with zero attached hydrogens (tertiary/aromatic N) is 3. The number of pyridine rings is 1. The summed E-state index contributed by atoms with van der Waals surface area (Å²) in [4.78, 5) is 33.3. The van der Waals surface area contributed by atoms with Crippen molar-refractivity contribution in [2.75, 3.05) is 56.2 Å². The maximum absolute atomic E-state index is 12.8. The molecule has 9 nitrogen and oxygen atoms in total. The van der Waals surface area contributed by atoms with Crippen LogP contribution in [0.5, 0.6) is 5.75 Å². The van der Waals surface area contributed by atoms with Crippen LogP contribution in [0.25, 0.3) is 0 Å². The molecule has 0 saturated carbocycles. The summed E-state index contributed by atoms with van der Waals surface area (Å²) in [6.45, 7) is 11.5. The van der Waals surface area contributed by atoms with Crippen molar-refractivity contribution >= 4 is 23.5 Å². The summed E-state index contributed by atoms with van der Waals surface area (Å²) < 4.78 is 16.4. The van der Waals surface area contributed by atoms with E-state index in [0.717, 1.165) is 5.69 Å². The molecule has 0 spiro atoms. The van der Waals surface area contributed by atoms with Crippen molar-refractivity contribution in [3.05, 3.63) is 48.2 Å². The highest BCUT2D eigenvalue weighted by molar-refractivity contribution is 6.05. The molecule has 1 N–H and O–H groups in total. The van der Waals surface area contributed by atoms with E-state index in [1.54, 1.807) is 35.4 Å². The number of amides is 2. The first-order valence-electron chi connectivity index (χ1n) is 11.6. The standard InChI is InChI=1S/C25H34N4O5/c1-5-32-16-17-33-21-9-7-6-8-20(21)23(30)27-22-11-10-19(18-26-22)28-12-14-29(15-13-28)24(31)34-25(2,3)4/h6-11,18H,5,12-17H2,1-4H3,(H,26,27,30). The molecule has 2 aromatic rings. The minimum atomic E-state index is -0.505. The summed E-state index contributed by atoms with van der Waals surface area (Å²) in [6.07, 6.45) is 1.44. The Kier molecular flexibility index (Phi) is 8.70. The van der Waals surface area contributed by atoms with E-state index in [2.05, 4.69) is 15.2 Å². The molecule has 3 rings (SSSR count). The fraction of sp³-hybridized carbons (Fsp3) is 0.480. The Morgan fingerprint density at radius 1 is 1.03 bits per heavy atom. The van der Waals surface area contributed by atoms with Gasteiger partial charge in [-0.1, -0.05) is 12.1 Å². The first-order chi connectivity index (χ1) is 16.3. The lowest BCUT2D eigenvalue weighted by Crippen LogP contribution is -2.50. The van der Waals surface area contributed by atoms with E-state index in [9.17, 15) is 9.59 Å². The van der Waals surface area contributed by atoms with Crippen LogP contribution < -0.4 is 15.0 Å². The van der Waals surface area contributed by atoms with E-state index in [-0.39, 0.29) is 12.0 Å². The molecule has 1 fully saturated rings. The van der Waals surface area contributed by atoms with Gasteiger partial charge in [0.05, 0.1) is 24.1 Å². The van der Waals surface area contributed by atoms with Crippen LogP contribution in [0.1, 0.15) is 38.1 Å². The van der Waals surface area contributed by atoms with E-state index >= 15 is 0 Å². The number of piperazine rings is 1. The monoisotopic (exact) mass is 470 g/mol. The van der Waals surface area contributed by atoms with Crippen molar-refractivity contribution in [2.24, 2.45) is 0 Å². The van der Waals surface area contributed by atoms with Gasteiger partial charge in [0, 0.05) is 32.8 Å². The van der Waals surface area contributed by atoms with Crippen molar-refractivity contribution in [3.8, 4) is 5.75 Å². The SMILES string of the molecule is CCOCCOc1ccccc1C(=O)Nc1ccc(N2CCN(C(=O)OC(C)(C)C)CC2)cn1. The van der Waals surface area contributed by atoms with Crippen LogP contribution >= 0.6 is 0 Å². The Labute approximate surface area is 201 Å². The van der Waals surface area contributed by atoms with Gasteiger partial charge in [0.2, 0.25) is 0 Å². The number of nitrogens with one attached hydrogen (secondary N) is 1. The molecule has 0 bridgehead atoms. The van der Waals surface area contributed by atoms with E-state index in [1.165, 1.54) is 0 Å². The second kappa shape index (κ2) is 11.7. The highest BCUT2D eigenvalue weighted by Gasteiger charge is 2.26. The van der Waals surface area contributed by atoms with Gasteiger partial charge < -0.3 is 29.3 Å². The van der Waals surface area contributed by atoms with Gasteiger partial charge in [-0.3, -0.25) is 4.79 Å². The fourth-order valence-corrected chi connectivity index (χ4v) is 3.44. The number of anilines is 2.